The van der Waals surface area contributed by atoms with Gasteiger partial charge in [-0.1, -0.05) is 36.8 Å². The Morgan fingerprint density at radius 3 is 2.56 bits per heavy atom. The second-order valence-corrected chi connectivity index (χ2v) is 3.82. The minimum absolute atomic E-state index is 0.0998. The predicted molar refractivity (Wildman–Crippen MR) is 62.7 cm³/mol. The number of nitriles is 1. The molecule has 0 fully saturated rings. The molecule has 0 heterocycles. The highest BCUT2D eigenvalue weighted by molar-refractivity contribution is 5.79. The molecular weight excluding hydrogens is 200 g/mol. The lowest BCUT2D eigenvalue weighted by Crippen LogP contribution is -2.34. The van der Waals surface area contributed by atoms with Crippen molar-refractivity contribution in [2.24, 2.45) is 0 Å². The zero-order valence-electron chi connectivity index (χ0n) is 9.66. The van der Waals surface area contributed by atoms with Crippen molar-refractivity contribution in [3.63, 3.8) is 0 Å². The molecule has 0 radical (unpaired) electrons. The topological polar surface area (TPSA) is 52.9 Å². The monoisotopic (exact) mass is 216 g/mol. The molecule has 1 unspecified atom stereocenters. The summed E-state index contributed by atoms with van der Waals surface area (Å²) in [5, 5.41) is 11.4. The first-order valence-corrected chi connectivity index (χ1v) is 5.40. The quantitative estimate of drug-likeness (QED) is 0.836. The Bertz CT molecular complexity index is 389. The third-order valence-corrected chi connectivity index (χ3v) is 2.38. The third-order valence-electron chi connectivity index (χ3n) is 2.38. The van der Waals surface area contributed by atoms with E-state index in [1.54, 1.807) is 0 Å². The Hall–Kier alpha value is -1.82. The molecule has 3 nitrogen and oxygen atoms in total. The average Bonchev–Trinajstić information content (AvgIpc) is 2.29. The van der Waals surface area contributed by atoms with Crippen molar-refractivity contribution in [3.8, 4) is 6.07 Å². The van der Waals surface area contributed by atoms with Gasteiger partial charge in [-0.15, -0.1) is 0 Å². The molecule has 0 saturated carbocycles. The predicted octanol–water partition coefficient (Wildman–Crippen LogP) is 1.96. The van der Waals surface area contributed by atoms with E-state index in [0.29, 0.717) is 12.8 Å². The number of aryl methyl sites for hydroxylation is 1. The van der Waals surface area contributed by atoms with E-state index in [4.69, 9.17) is 5.26 Å². The molecule has 3 heteroatoms. The van der Waals surface area contributed by atoms with Crippen molar-refractivity contribution >= 4 is 5.91 Å². The van der Waals surface area contributed by atoms with E-state index in [0.717, 1.165) is 5.56 Å². The van der Waals surface area contributed by atoms with Crippen molar-refractivity contribution in [1.29, 1.82) is 5.26 Å². The lowest BCUT2D eigenvalue weighted by atomic mass is 10.1. The average molecular weight is 216 g/mol. The molecule has 0 bridgehead atoms. The lowest BCUT2D eigenvalue weighted by molar-refractivity contribution is -0.120. The third kappa shape index (κ3) is 3.74. The summed E-state index contributed by atoms with van der Waals surface area (Å²) >= 11 is 0. The maximum atomic E-state index is 11.6. The van der Waals surface area contributed by atoms with Gasteiger partial charge < -0.3 is 5.32 Å². The lowest BCUT2D eigenvalue weighted by Gasteiger charge is -2.09. The number of carbonyl (C=O) groups is 1. The van der Waals surface area contributed by atoms with E-state index in [2.05, 4.69) is 5.32 Å². The fourth-order valence-corrected chi connectivity index (χ4v) is 1.36. The van der Waals surface area contributed by atoms with Crippen LogP contribution in [0.1, 0.15) is 24.5 Å². The molecule has 1 N–H and O–H groups in total. The Labute approximate surface area is 96.1 Å². The molecule has 0 aliphatic heterocycles. The standard InChI is InChI=1S/C13H16N2O/c1-3-12(9-14)15-13(16)8-11-6-4-10(2)5-7-11/h4-7,12H,3,8H2,1-2H3,(H,15,16). The number of rotatable bonds is 4. The number of hydrogen-bond acceptors (Lipinski definition) is 2. The number of amides is 1. The van der Waals surface area contributed by atoms with Crippen LogP contribution < -0.4 is 5.32 Å². The van der Waals surface area contributed by atoms with E-state index in [9.17, 15) is 4.79 Å². The summed E-state index contributed by atoms with van der Waals surface area (Å²) in [6.45, 7) is 3.88. The van der Waals surface area contributed by atoms with E-state index < -0.39 is 0 Å². The molecular formula is C13H16N2O. The summed E-state index contributed by atoms with van der Waals surface area (Å²) < 4.78 is 0. The molecule has 0 aliphatic carbocycles. The first-order chi connectivity index (χ1) is 7.65. The van der Waals surface area contributed by atoms with Gasteiger partial charge in [0.1, 0.15) is 6.04 Å². The Morgan fingerprint density at radius 2 is 2.06 bits per heavy atom. The smallest absolute Gasteiger partial charge is 0.225 e. The van der Waals surface area contributed by atoms with Crippen LogP contribution in [-0.4, -0.2) is 11.9 Å². The Morgan fingerprint density at radius 1 is 1.44 bits per heavy atom. The van der Waals surface area contributed by atoms with Crippen molar-refractivity contribution in [2.45, 2.75) is 32.7 Å². The maximum Gasteiger partial charge on any atom is 0.225 e. The van der Waals surface area contributed by atoms with Crippen LogP contribution in [0.4, 0.5) is 0 Å². The maximum absolute atomic E-state index is 11.6. The summed E-state index contributed by atoms with van der Waals surface area (Å²) in [7, 11) is 0. The van der Waals surface area contributed by atoms with E-state index in [-0.39, 0.29) is 11.9 Å². The second-order valence-electron chi connectivity index (χ2n) is 3.82. The normalized spacial score (nSPS) is 11.6. The summed E-state index contributed by atoms with van der Waals surface area (Å²) in [6.07, 6.45) is 0.967. The minimum atomic E-state index is -0.377. The largest absolute Gasteiger partial charge is 0.340 e. The molecule has 1 rings (SSSR count). The zero-order valence-corrected chi connectivity index (χ0v) is 9.66. The Balaban J connectivity index is 2.52. The summed E-state index contributed by atoms with van der Waals surface area (Å²) in [5.41, 5.74) is 2.14. The molecule has 0 spiro atoms. The first-order valence-electron chi connectivity index (χ1n) is 5.40. The highest BCUT2D eigenvalue weighted by Crippen LogP contribution is 2.04. The molecule has 1 atom stereocenters. The molecule has 1 aromatic carbocycles. The number of nitrogens with zero attached hydrogens (tertiary/aromatic N) is 1. The van der Waals surface area contributed by atoms with Crippen LogP contribution in [0, 0.1) is 18.3 Å². The van der Waals surface area contributed by atoms with E-state index >= 15 is 0 Å². The minimum Gasteiger partial charge on any atom is -0.340 e. The SMILES string of the molecule is CCC(C#N)NC(=O)Cc1ccc(C)cc1. The van der Waals surface area contributed by atoms with Crippen LogP contribution in [0.2, 0.25) is 0 Å². The number of nitrogens with one attached hydrogen (secondary N) is 1. The van der Waals surface area contributed by atoms with Gasteiger partial charge >= 0.3 is 0 Å². The van der Waals surface area contributed by atoms with Gasteiger partial charge in [0.2, 0.25) is 5.91 Å². The molecule has 0 saturated heterocycles. The first kappa shape index (κ1) is 12.3. The molecule has 16 heavy (non-hydrogen) atoms. The van der Waals surface area contributed by atoms with E-state index in [1.165, 1.54) is 5.56 Å². The summed E-state index contributed by atoms with van der Waals surface area (Å²) in [4.78, 5) is 11.6. The van der Waals surface area contributed by atoms with Crippen molar-refractivity contribution in [3.05, 3.63) is 35.4 Å². The van der Waals surface area contributed by atoms with Gasteiger partial charge in [-0.2, -0.15) is 5.26 Å². The fraction of sp³-hybridized carbons (Fsp3) is 0.385. The molecule has 1 aromatic rings. The number of carbonyl (C=O) groups excluding carboxylic acids is 1. The number of hydrogen-bond donors (Lipinski definition) is 1. The van der Waals surface area contributed by atoms with Crippen LogP contribution in [0.25, 0.3) is 0 Å². The van der Waals surface area contributed by atoms with Crippen molar-refractivity contribution in [1.82, 2.24) is 5.32 Å². The highest BCUT2D eigenvalue weighted by Gasteiger charge is 2.09. The van der Waals surface area contributed by atoms with Gasteiger partial charge in [-0.25, -0.2) is 0 Å². The fourth-order valence-electron chi connectivity index (χ4n) is 1.36. The van der Waals surface area contributed by atoms with Gasteiger partial charge in [-0.3, -0.25) is 4.79 Å². The van der Waals surface area contributed by atoms with Gasteiger partial charge in [0, 0.05) is 0 Å². The van der Waals surface area contributed by atoms with Gasteiger partial charge in [0.25, 0.3) is 0 Å². The second kappa shape index (κ2) is 5.92. The highest BCUT2D eigenvalue weighted by atomic mass is 16.1. The van der Waals surface area contributed by atoms with Gasteiger partial charge in [0.15, 0.2) is 0 Å². The van der Waals surface area contributed by atoms with Crippen LogP contribution >= 0.6 is 0 Å². The molecule has 84 valence electrons. The summed E-state index contributed by atoms with van der Waals surface area (Å²) in [5.74, 6) is -0.0998. The van der Waals surface area contributed by atoms with Crippen LogP contribution in [-0.2, 0) is 11.2 Å². The zero-order chi connectivity index (χ0) is 12.0. The molecule has 0 aromatic heterocycles. The van der Waals surface area contributed by atoms with E-state index in [1.807, 2.05) is 44.2 Å². The van der Waals surface area contributed by atoms with Crippen molar-refractivity contribution < 1.29 is 4.79 Å². The van der Waals surface area contributed by atoms with Crippen LogP contribution in [0.15, 0.2) is 24.3 Å². The van der Waals surface area contributed by atoms with Crippen LogP contribution in [0.3, 0.4) is 0 Å². The Kier molecular flexibility index (Phi) is 4.53. The van der Waals surface area contributed by atoms with Crippen LogP contribution in [0.5, 0.6) is 0 Å². The van der Waals surface area contributed by atoms with Gasteiger partial charge in [0.05, 0.1) is 12.5 Å². The number of benzene rings is 1. The molecule has 0 aliphatic rings. The molecule has 1 amide bonds. The summed E-state index contributed by atoms with van der Waals surface area (Å²) in [6, 6.07) is 9.49. The van der Waals surface area contributed by atoms with Gasteiger partial charge in [-0.05, 0) is 18.9 Å². The van der Waals surface area contributed by atoms with Crippen molar-refractivity contribution in [2.75, 3.05) is 0 Å².